The van der Waals surface area contributed by atoms with E-state index in [9.17, 15) is 10.2 Å². The molecule has 0 saturated heterocycles. The summed E-state index contributed by atoms with van der Waals surface area (Å²) >= 11 is 0. The molecule has 3 nitrogen and oxygen atoms in total. The molecule has 2 N–H and O–H groups in total. The van der Waals surface area contributed by atoms with Crippen LogP contribution >= 0.6 is 0 Å². The molecule has 148 valence electrons. The van der Waals surface area contributed by atoms with Crippen LogP contribution in [0.15, 0.2) is 12.2 Å². The highest BCUT2D eigenvalue weighted by Crippen LogP contribution is 2.67. The van der Waals surface area contributed by atoms with Gasteiger partial charge in [0.2, 0.25) is 0 Å². The summed E-state index contributed by atoms with van der Waals surface area (Å²) in [6.07, 6.45) is 8.78. The van der Waals surface area contributed by atoms with E-state index in [0.717, 1.165) is 32.1 Å². The smallest absolute Gasteiger partial charge is 0.160 e. The van der Waals surface area contributed by atoms with Crippen molar-refractivity contribution in [2.45, 2.75) is 97.1 Å². The second kappa shape index (κ2) is 6.06. The number of aliphatic hydroxyl groups excluding tert-OH is 1. The molecule has 4 fully saturated rings. The van der Waals surface area contributed by atoms with Gasteiger partial charge in [-0.1, -0.05) is 26.0 Å². The molecular formula is C23H38O3. The third-order valence-electron chi connectivity index (χ3n) is 9.03. The molecule has 4 rings (SSSR count). The maximum absolute atomic E-state index is 10.4. The second-order valence-corrected chi connectivity index (χ2v) is 10.9. The van der Waals surface area contributed by atoms with Crippen molar-refractivity contribution >= 4 is 0 Å². The molecule has 4 aliphatic carbocycles. The number of fused-ring (bicyclic) bond motifs is 5. The van der Waals surface area contributed by atoms with Crippen molar-refractivity contribution in [1.82, 2.24) is 0 Å². The minimum absolute atomic E-state index is 0.0962. The van der Waals surface area contributed by atoms with E-state index in [1.807, 2.05) is 0 Å². The van der Waals surface area contributed by atoms with Crippen LogP contribution in [0, 0.1) is 34.5 Å². The van der Waals surface area contributed by atoms with Crippen LogP contribution in [0.1, 0.15) is 79.1 Å². The third-order valence-corrected chi connectivity index (χ3v) is 9.03. The van der Waals surface area contributed by atoms with Gasteiger partial charge in [0.15, 0.2) is 5.79 Å². The SMILES string of the molecule is C=C1CCC2[C@H]3C(CC[C@]12C)[C@@]1(C)CC[C@H](O)CC1C[C@@H]3OC(C)(C)O. The molecule has 0 spiro atoms. The van der Waals surface area contributed by atoms with Gasteiger partial charge < -0.3 is 14.9 Å². The maximum atomic E-state index is 10.4. The summed E-state index contributed by atoms with van der Waals surface area (Å²) < 4.78 is 6.31. The van der Waals surface area contributed by atoms with E-state index in [1.165, 1.54) is 24.8 Å². The average Bonchev–Trinajstić information content (AvgIpc) is 2.83. The molecule has 26 heavy (non-hydrogen) atoms. The van der Waals surface area contributed by atoms with Crippen molar-refractivity contribution in [3.8, 4) is 0 Å². The first-order chi connectivity index (χ1) is 12.0. The molecule has 4 aliphatic rings. The summed E-state index contributed by atoms with van der Waals surface area (Å²) in [5, 5.41) is 20.7. The van der Waals surface area contributed by atoms with Crippen LogP contribution in [-0.4, -0.2) is 28.2 Å². The summed E-state index contributed by atoms with van der Waals surface area (Å²) in [4.78, 5) is 0. The molecule has 0 radical (unpaired) electrons. The summed E-state index contributed by atoms with van der Waals surface area (Å²) in [6.45, 7) is 12.9. The van der Waals surface area contributed by atoms with Gasteiger partial charge in [0.25, 0.3) is 0 Å². The predicted octanol–water partition coefficient (Wildman–Crippen LogP) is 4.67. The van der Waals surface area contributed by atoms with Crippen molar-refractivity contribution in [2.24, 2.45) is 34.5 Å². The number of ether oxygens (including phenoxy) is 1. The van der Waals surface area contributed by atoms with Gasteiger partial charge in [-0.15, -0.1) is 0 Å². The quantitative estimate of drug-likeness (QED) is 0.554. The summed E-state index contributed by atoms with van der Waals surface area (Å²) in [5.74, 6) is 1.19. The minimum Gasteiger partial charge on any atom is -0.393 e. The monoisotopic (exact) mass is 362 g/mol. The molecule has 3 heteroatoms. The Hall–Kier alpha value is -0.380. The van der Waals surface area contributed by atoms with Crippen molar-refractivity contribution in [3.05, 3.63) is 12.2 Å². The van der Waals surface area contributed by atoms with Gasteiger partial charge in [-0.3, -0.25) is 0 Å². The largest absolute Gasteiger partial charge is 0.393 e. The fraction of sp³-hybridized carbons (Fsp3) is 0.913. The first-order valence-corrected chi connectivity index (χ1v) is 10.8. The predicted molar refractivity (Wildman–Crippen MR) is 103 cm³/mol. The molecule has 0 bridgehead atoms. The number of aliphatic hydroxyl groups is 2. The number of hydrogen-bond acceptors (Lipinski definition) is 3. The summed E-state index contributed by atoms with van der Waals surface area (Å²) in [7, 11) is 0. The lowest BCUT2D eigenvalue weighted by Crippen LogP contribution is -2.59. The molecule has 3 unspecified atom stereocenters. The standard InChI is InChI=1S/C23H38O3/c1-14-6-7-17-20-18(9-11-22(14,17)4)23(5)10-8-16(24)12-15(23)13-19(20)26-21(2,3)25/h15-20,24-25H,1,6-13H2,2-5H3/t15?,16-,17?,18?,19-,20-,22+,23-/m0/s1. The zero-order valence-electron chi connectivity index (χ0n) is 17.1. The van der Waals surface area contributed by atoms with Crippen LogP contribution in [0.5, 0.6) is 0 Å². The van der Waals surface area contributed by atoms with Crippen molar-refractivity contribution < 1.29 is 14.9 Å². The highest BCUT2D eigenvalue weighted by atomic mass is 16.6. The van der Waals surface area contributed by atoms with E-state index >= 15 is 0 Å². The van der Waals surface area contributed by atoms with Crippen LogP contribution in [0.4, 0.5) is 0 Å². The number of hydrogen-bond donors (Lipinski definition) is 2. The highest BCUT2D eigenvalue weighted by Gasteiger charge is 2.62. The van der Waals surface area contributed by atoms with Gasteiger partial charge in [0.1, 0.15) is 0 Å². The Morgan fingerprint density at radius 1 is 1.08 bits per heavy atom. The van der Waals surface area contributed by atoms with Gasteiger partial charge in [-0.25, -0.2) is 0 Å². The maximum Gasteiger partial charge on any atom is 0.160 e. The van der Waals surface area contributed by atoms with E-state index in [4.69, 9.17) is 4.74 Å². The van der Waals surface area contributed by atoms with E-state index in [0.29, 0.717) is 29.1 Å². The molecular weight excluding hydrogens is 324 g/mol. The van der Waals surface area contributed by atoms with E-state index < -0.39 is 5.79 Å². The Kier molecular flexibility index (Phi) is 4.42. The Labute approximate surface area is 159 Å². The van der Waals surface area contributed by atoms with Crippen LogP contribution < -0.4 is 0 Å². The average molecular weight is 363 g/mol. The molecule has 4 saturated carbocycles. The zero-order valence-corrected chi connectivity index (χ0v) is 17.1. The Morgan fingerprint density at radius 2 is 1.81 bits per heavy atom. The summed E-state index contributed by atoms with van der Waals surface area (Å²) in [5.41, 5.74) is 2.00. The van der Waals surface area contributed by atoms with Crippen LogP contribution in [0.25, 0.3) is 0 Å². The van der Waals surface area contributed by atoms with Crippen LogP contribution in [-0.2, 0) is 4.74 Å². The van der Waals surface area contributed by atoms with Gasteiger partial charge in [0.05, 0.1) is 12.2 Å². The topological polar surface area (TPSA) is 49.7 Å². The molecule has 0 amide bonds. The third kappa shape index (κ3) is 2.81. The van der Waals surface area contributed by atoms with E-state index in [-0.39, 0.29) is 17.6 Å². The van der Waals surface area contributed by atoms with Gasteiger partial charge in [-0.2, -0.15) is 0 Å². The summed E-state index contributed by atoms with van der Waals surface area (Å²) in [6, 6.07) is 0. The van der Waals surface area contributed by atoms with Gasteiger partial charge >= 0.3 is 0 Å². The van der Waals surface area contributed by atoms with Crippen molar-refractivity contribution in [1.29, 1.82) is 0 Å². The lowest BCUT2D eigenvalue weighted by molar-refractivity contribution is -0.263. The first-order valence-electron chi connectivity index (χ1n) is 10.8. The molecule has 0 aromatic carbocycles. The highest BCUT2D eigenvalue weighted by molar-refractivity contribution is 5.22. The lowest BCUT2D eigenvalue weighted by atomic mass is 9.44. The van der Waals surface area contributed by atoms with Crippen molar-refractivity contribution in [3.63, 3.8) is 0 Å². The fourth-order valence-corrected chi connectivity index (χ4v) is 7.58. The van der Waals surface area contributed by atoms with Crippen molar-refractivity contribution in [2.75, 3.05) is 0 Å². The Balaban J connectivity index is 1.72. The second-order valence-electron chi connectivity index (χ2n) is 10.9. The number of allylic oxidation sites excluding steroid dienone is 1. The number of rotatable bonds is 2. The lowest BCUT2D eigenvalue weighted by Gasteiger charge is -2.62. The molecule has 0 aliphatic heterocycles. The normalized spacial score (nSPS) is 51.5. The molecule has 0 aromatic heterocycles. The Morgan fingerprint density at radius 3 is 2.50 bits per heavy atom. The minimum atomic E-state index is -1.10. The molecule has 0 aromatic rings. The van der Waals surface area contributed by atoms with E-state index in [1.54, 1.807) is 13.8 Å². The molecule has 8 atom stereocenters. The van der Waals surface area contributed by atoms with Gasteiger partial charge in [-0.05, 0) is 99.7 Å². The van der Waals surface area contributed by atoms with Gasteiger partial charge in [0, 0.05) is 0 Å². The first kappa shape index (κ1) is 19.0. The fourth-order valence-electron chi connectivity index (χ4n) is 7.58. The van der Waals surface area contributed by atoms with E-state index in [2.05, 4.69) is 20.4 Å². The van der Waals surface area contributed by atoms with Crippen LogP contribution in [0.3, 0.4) is 0 Å². The van der Waals surface area contributed by atoms with Crippen LogP contribution in [0.2, 0.25) is 0 Å². The molecule has 0 heterocycles. The zero-order chi connectivity index (χ0) is 18.9. The Bertz CT molecular complexity index is 578.